The fourth-order valence-electron chi connectivity index (χ4n) is 4.93. The van der Waals surface area contributed by atoms with Crippen molar-refractivity contribution in [3.63, 3.8) is 0 Å². The quantitative estimate of drug-likeness (QED) is 0.397. The van der Waals surface area contributed by atoms with Gasteiger partial charge in [0.15, 0.2) is 5.82 Å². The van der Waals surface area contributed by atoms with Crippen LogP contribution in [0.4, 0.5) is 19.0 Å². The van der Waals surface area contributed by atoms with Crippen LogP contribution in [0.5, 0.6) is 0 Å². The Balaban J connectivity index is 1.23. The zero-order valence-electron chi connectivity index (χ0n) is 20.5. The first-order valence-electron chi connectivity index (χ1n) is 12.2. The van der Waals surface area contributed by atoms with Crippen LogP contribution in [-0.4, -0.2) is 51.5 Å². The van der Waals surface area contributed by atoms with Crippen LogP contribution in [-0.2, 0) is 20.9 Å². The van der Waals surface area contributed by atoms with Crippen LogP contribution >= 0.6 is 11.6 Å². The lowest BCUT2D eigenvalue weighted by Crippen LogP contribution is -2.52. The van der Waals surface area contributed by atoms with E-state index in [0.717, 1.165) is 24.3 Å². The standard InChI is InChI=1S/C26H25ClF3N5O4/c27-15-7-14(8-17(29)9-15)12-32-24(36)26(38)4-6-34(25(26)37)22-3-5-35(33-22)18-11-21(31)23(39-13-18)19-10-16(28)1-2-20(19)30/h1-3,5,7-10,18,21,23,38H,4,6,11-13,31H2,(H,32,36)/t18-,21+,23-,26+/m1/s1. The van der Waals surface area contributed by atoms with Crippen molar-refractivity contribution in [3.05, 3.63) is 82.3 Å². The number of nitrogens with zero attached hydrogens (tertiary/aromatic N) is 3. The van der Waals surface area contributed by atoms with E-state index >= 15 is 0 Å². The number of aliphatic hydroxyl groups is 1. The highest BCUT2D eigenvalue weighted by atomic mass is 35.5. The van der Waals surface area contributed by atoms with E-state index in [9.17, 15) is 27.9 Å². The number of amides is 2. The maximum atomic E-state index is 14.2. The highest BCUT2D eigenvalue weighted by Crippen LogP contribution is 2.34. The van der Waals surface area contributed by atoms with Crippen LogP contribution in [0.15, 0.2) is 48.7 Å². The van der Waals surface area contributed by atoms with Gasteiger partial charge in [-0.3, -0.25) is 19.2 Å². The molecule has 3 aromatic rings. The van der Waals surface area contributed by atoms with Crippen LogP contribution in [0, 0.1) is 17.5 Å². The summed E-state index contributed by atoms with van der Waals surface area (Å²) in [5.41, 5.74) is 4.33. The Hall–Kier alpha value is -3.45. The first-order valence-corrected chi connectivity index (χ1v) is 12.6. The first kappa shape index (κ1) is 27.1. The van der Waals surface area contributed by atoms with E-state index in [0.29, 0.717) is 12.0 Å². The van der Waals surface area contributed by atoms with Gasteiger partial charge in [-0.05, 0) is 48.4 Å². The minimum absolute atomic E-state index is 0.0349. The Morgan fingerprint density at radius 3 is 2.74 bits per heavy atom. The van der Waals surface area contributed by atoms with E-state index in [2.05, 4.69) is 10.4 Å². The van der Waals surface area contributed by atoms with Crippen LogP contribution in [0.3, 0.4) is 0 Å². The molecule has 3 heterocycles. The third-order valence-electron chi connectivity index (χ3n) is 6.96. The zero-order chi connectivity index (χ0) is 27.9. The maximum Gasteiger partial charge on any atom is 0.270 e. The summed E-state index contributed by atoms with van der Waals surface area (Å²) in [6, 6.07) is 7.43. The Morgan fingerprint density at radius 2 is 2.00 bits per heavy atom. The van der Waals surface area contributed by atoms with Gasteiger partial charge in [-0.15, -0.1) is 0 Å². The van der Waals surface area contributed by atoms with Crippen molar-refractivity contribution in [1.29, 1.82) is 0 Å². The number of hydrogen-bond acceptors (Lipinski definition) is 6. The van der Waals surface area contributed by atoms with Crippen LogP contribution in [0.1, 0.15) is 36.1 Å². The summed E-state index contributed by atoms with van der Waals surface area (Å²) in [7, 11) is 0. The van der Waals surface area contributed by atoms with E-state index in [4.69, 9.17) is 22.1 Å². The highest BCUT2D eigenvalue weighted by Gasteiger charge is 2.52. The van der Waals surface area contributed by atoms with Crippen molar-refractivity contribution in [2.45, 2.75) is 43.2 Å². The average Bonchev–Trinajstić information content (AvgIpc) is 3.49. The molecule has 39 heavy (non-hydrogen) atoms. The lowest BCUT2D eigenvalue weighted by Gasteiger charge is -2.34. The topological polar surface area (TPSA) is 123 Å². The monoisotopic (exact) mass is 563 g/mol. The molecule has 2 saturated heterocycles. The Bertz CT molecular complexity index is 1400. The normalized spacial score (nSPS) is 25.2. The van der Waals surface area contributed by atoms with Crippen molar-refractivity contribution in [2.75, 3.05) is 18.1 Å². The predicted octanol–water partition coefficient (Wildman–Crippen LogP) is 2.77. The first-order chi connectivity index (χ1) is 18.5. The number of hydrogen-bond donors (Lipinski definition) is 3. The number of carbonyl (C=O) groups excluding carboxylic acids is 2. The fraction of sp³-hybridized carbons (Fsp3) is 0.346. The lowest BCUT2D eigenvalue weighted by molar-refractivity contribution is -0.149. The summed E-state index contributed by atoms with van der Waals surface area (Å²) in [6.45, 7) is 0.00989. The third-order valence-corrected chi connectivity index (χ3v) is 7.18. The number of anilines is 1. The van der Waals surface area contributed by atoms with E-state index in [1.54, 1.807) is 16.9 Å². The molecule has 0 unspecified atom stereocenters. The number of nitrogens with one attached hydrogen (secondary N) is 1. The molecule has 4 N–H and O–H groups in total. The molecule has 9 nitrogen and oxygen atoms in total. The highest BCUT2D eigenvalue weighted by molar-refractivity contribution is 6.30. The van der Waals surface area contributed by atoms with Gasteiger partial charge in [0.05, 0.1) is 12.6 Å². The largest absolute Gasteiger partial charge is 0.372 e. The Labute approximate surface area is 226 Å². The molecule has 2 aliphatic heterocycles. The van der Waals surface area contributed by atoms with E-state index in [1.807, 2.05) is 0 Å². The second kappa shape index (κ2) is 10.6. The van der Waals surface area contributed by atoms with Crippen molar-refractivity contribution in [3.8, 4) is 0 Å². The molecule has 0 saturated carbocycles. The molecule has 2 aromatic carbocycles. The summed E-state index contributed by atoms with van der Waals surface area (Å²) in [6.07, 6.45) is 0.945. The smallest absolute Gasteiger partial charge is 0.270 e. The molecular weight excluding hydrogens is 539 g/mol. The summed E-state index contributed by atoms with van der Waals surface area (Å²) in [5, 5.41) is 17.9. The predicted molar refractivity (Wildman–Crippen MR) is 134 cm³/mol. The number of carbonyl (C=O) groups is 2. The molecule has 206 valence electrons. The molecule has 2 aliphatic rings. The summed E-state index contributed by atoms with van der Waals surface area (Å²) < 4.78 is 48.7. The van der Waals surface area contributed by atoms with Gasteiger partial charge in [-0.1, -0.05) is 11.6 Å². The number of rotatable bonds is 6. The molecule has 0 bridgehead atoms. The van der Waals surface area contributed by atoms with Crippen molar-refractivity contribution in [2.24, 2.45) is 5.73 Å². The summed E-state index contributed by atoms with van der Waals surface area (Å²) in [5.74, 6) is -3.33. The molecule has 1 aromatic heterocycles. The second-order valence-corrected chi connectivity index (χ2v) is 10.1. The van der Waals surface area contributed by atoms with Gasteiger partial charge in [-0.25, -0.2) is 13.2 Å². The molecule has 2 fully saturated rings. The molecule has 13 heteroatoms. The molecule has 0 aliphatic carbocycles. The second-order valence-electron chi connectivity index (χ2n) is 9.65. The van der Waals surface area contributed by atoms with Crippen LogP contribution < -0.4 is 16.0 Å². The lowest BCUT2D eigenvalue weighted by atomic mass is 9.94. The van der Waals surface area contributed by atoms with Gasteiger partial charge >= 0.3 is 0 Å². The van der Waals surface area contributed by atoms with Gasteiger partial charge in [0.2, 0.25) is 5.60 Å². The maximum absolute atomic E-state index is 14.2. The summed E-state index contributed by atoms with van der Waals surface area (Å²) >= 11 is 5.83. The van der Waals surface area contributed by atoms with Gasteiger partial charge in [0.1, 0.15) is 23.6 Å². The van der Waals surface area contributed by atoms with E-state index in [-0.39, 0.29) is 48.6 Å². The third kappa shape index (κ3) is 5.37. The molecule has 0 radical (unpaired) electrons. The van der Waals surface area contributed by atoms with Crippen LogP contribution in [0.2, 0.25) is 5.02 Å². The van der Waals surface area contributed by atoms with E-state index in [1.165, 1.54) is 17.0 Å². The van der Waals surface area contributed by atoms with Gasteiger partial charge in [0, 0.05) is 48.4 Å². The van der Waals surface area contributed by atoms with Gasteiger partial charge < -0.3 is 20.9 Å². The van der Waals surface area contributed by atoms with Gasteiger partial charge in [-0.2, -0.15) is 5.10 Å². The SMILES string of the molecule is N[C@H]1C[C@@H](n2ccc(N3CC[C@](O)(C(=O)NCc4cc(F)cc(Cl)c4)C3=O)n2)CO[C@@H]1c1cc(F)ccc1F. The van der Waals surface area contributed by atoms with Gasteiger partial charge in [0.25, 0.3) is 11.8 Å². The zero-order valence-corrected chi connectivity index (χ0v) is 21.2. The number of ether oxygens (including phenoxy) is 1. The Kier molecular flexibility index (Phi) is 7.38. The molecule has 4 atom stereocenters. The van der Waals surface area contributed by atoms with Crippen molar-refractivity contribution in [1.82, 2.24) is 15.1 Å². The average molecular weight is 564 g/mol. The fourth-order valence-corrected chi connectivity index (χ4v) is 5.18. The number of benzene rings is 2. The molecule has 0 spiro atoms. The summed E-state index contributed by atoms with van der Waals surface area (Å²) in [4.78, 5) is 27.0. The number of aromatic nitrogens is 2. The number of halogens is 4. The number of nitrogens with two attached hydrogens (primary N) is 1. The molecule has 5 rings (SSSR count). The molecular formula is C26H25ClF3N5O4. The molecule has 2 amide bonds. The van der Waals surface area contributed by atoms with Crippen molar-refractivity contribution < 1.29 is 32.6 Å². The van der Waals surface area contributed by atoms with Crippen molar-refractivity contribution >= 4 is 29.2 Å². The van der Waals surface area contributed by atoms with E-state index < -0.39 is 47.0 Å². The Morgan fingerprint density at radius 1 is 1.21 bits per heavy atom. The van der Waals surface area contributed by atoms with Crippen LogP contribution in [0.25, 0.3) is 0 Å². The minimum Gasteiger partial charge on any atom is -0.372 e. The minimum atomic E-state index is -2.32.